The number of amides is 2. The average Bonchev–Trinajstić information content (AvgIpc) is 3.08. The van der Waals surface area contributed by atoms with E-state index < -0.39 is 18.1 Å². The van der Waals surface area contributed by atoms with Gasteiger partial charge in [0.1, 0.15) is 5.82 Å². The predicted octanol–water partition coefficient (Wildman–Crippen LogP) is 2.68. The minimum absolute atomic E-state index is 0.129. The fourth-order valence-corrected chi connectivity index (χ4v) is 3.28. The van der Waals surface area contributed by atoms with Crippen LogP contribution < -0.4 is 16.4 Å². The molecule has 9 nitrogen and oxygen atoms in total. The number of hydrogen-bond acceptors (Lipinski definition) is 5. The number of carbonyl (C=O) groups is 3. The lowest BCUT2D eigenvalue weighted by Crippen LogP contribution is -2.28. The Labute approximate surface area is 191 Å². The SMILES string of the molecule is Cn1c(CC(=Cc2cnc3c(c2)NC(=O)CN3)C(N)=O)cc2ccccc21.O=C(O)C(F)(F)F. The Bertz CT molecular complexity index is 1300. The normalized spacial score (nSPS) is 13.3. The largest absolute Gasteiger partial charge is 0.490 e. The molecule has 12 heteroatoms. The van der Waals surface area contributed by atoms with E-state index >= 15 is 0 Å². The molecule has 0 unspecified atom stereocenters. The maximum atomic E-state index is 12.0. The topological polar surface area (TPSA) is 139 Å². The zero-order chi connectivity index (χ0) is 25.0. The number of carboxylic acids is 1. The second-order valence-corrected chi connectivity index (χ2v) is 7.33. The van der Waals surface area contributed by atoms with Gasteiger partial charge in [0, 0.05) is 36.4 Å². The van der Waals surface area contributed by atoms with Gasteiger partial charge < -0.3 is 26.0 Å². The van der Waals surface area contributed by atoms with Crippen LogP contribution >= 0.6 is 0 Å². The molecular formula is C22H20F3N5O4. The van der Waals surface area contributed by atoms with E-state index in [4.69, 9.17) is 15.6 Å². The van der Waals surface area contributed by atoms with Crippen molar-refractivity contribution < 1.29 is 32.7 Å². The number of anilines is 2. The van der Waals surface area contributed by atoms with Crippen LogP contribution in [-0.4, -0.2) is 45.2 Å². The Balaban J connectivity index is 0.000000406. The summed E-state index contributed by atoms with van der Waals surface area (Å²) in [4.78, 5) is 36.7. The van der Waals surface area contributed by atoms with Crippen molar-refractivity contribution in [2.24, 2.45) is 12.8 Å². The van der Waals surface area contributed by atoms with E-state index in [-0.39, 0.29) is 12.5 Å². The van der Waals surface area contributed by atoms with Crippen molar-refractivity contribution in [3.63, 3.8) is 0 Å². The molecule has 0 saturated carbocycles. The van der Waals surface area contributed by atoms with Crippen molar-refractivity contribution in [3.8, 4) is 0 Å². The molecule has 0 saturated heterocycles. The Kier molecular flexibility index (Phi) is 6.89. The zero-order valence-electron chi connectivity index (χ0n) is 17.8. The van der Waals surface area contributed by atoms with E-state index in [1.54, 1.807) is 18.3 Å². The summed E-state index contributed by atoms with van der Waals surface area (Å²) in [6.45, 7) is 0.197. The lowest BCUT2D eigenvalue weighted by molar-refractivity contribution is -0.192. The van der Waals surface area contributed by atoms with Gasteiger partial charge in [-0.25, -0.2) is 9.78 Å². The second-order valence-electron chi connectivity index (χ2n) is 7.33. The molecule has 178 valence electrons. The van der Waals surface area contributed by atoms with Crippen LogP contribution in [0.3, 0.4) is 0 Å². The number of primary amides is 1. The monoisotopic (exact) mass is 475 g/mol. The number of aliphatic carboxylic acids is 1. The van der Waals surface area contributed by atoms with Gasteiger partial charge in [0.05, 0.1) is 12.2 Å². The van der Waals surface area contributed by atoms with Crippen LogP contribution in [0, 0.1) is 0 Å². The molecule has 1 aliphatic heterocycles. The first-order valence-electron chi connectivity index (χ1n) is 9.83. The van der Waals surface area contributed by atoms with Gasteiger partial charge in [-0.15, -0.1) is 0 Å². The molecule has 0 spiro atoms. The molecule has 5 N–H and O–H groups in total. The molecule has 3 aromatic rings. The van der Waals surface area contributed by atoms with E-state index in [0.29, 0.717) is 29.1 Å². The lowest BCUT2D eigenvalue weighted by Gasteiger charge is -2.17. The number of nitrogens with zero attached hydrogens (tertiary/aromatic N) is 2. The molecule has 34 heavy (non-hydrogen) atoms. The molecule has 4 rings (SSSR count). The van der Waals surface area contributed by atoms with Gasteiger partial charge in [-0.05, 0) is 35.2 Å². The summed E-state index contributed by atoms with van der Waals surface area (Å²) < 4.78 is 33.8. The van der Waals surface area contributed by atoms with Crippen LogP contribution in [0.15, 0.2) is 48.2 Å². The number of para-hydroxylation sites is 1. The summed E-state index contributed by atoms with van der Waals surface area (Å²) in [7, 11) is 1.97. The molecule has 3 heterocycles. The first-order chi connectivity index (χ1) is 16.0. The van der Waals surface area contributed by atoms with E-state index in [1.165, 1.54) is 0 Å². The van der Waals surface area contributed by atoms with Gasteiger partial charge in [0.15, 0.2) is 0 Å². The predicted molar refractivity (Wildman–Crippen MR) is 119 cm³/mol. The lowest BCUT2D eigenvalue weighted by atomic mass is 10.1. The van der Waals surface area contributed by atoms with Crippen LogP contribution in [0.2, 0.25) is 0 Å². The van der Waals surface area contributed by atoms with Crippen LogP contribution in [-0.2, 0) is 27.9 Å². The average molecular weight is 475 g/mol. The number of rotatable bonds is 4. The Morgan fingerprint density at radius 1 is 1.26 bits per heavy atom. The van der Waals surface area contributed by atoms with Crippen molar-refractivity contribution >= 4 is 46.3 Å². The Hall–Kier alpha value is -4.35. The number of carboxylic acid groups (broad SMARTS) is 1. The number of aryl methyl sites for hydroxylation is 1. The third-order valence-electron chi connectivity index (χ3n) is 4.92. The van der Waals surface area contributed by atoms with Crippen molar-refractivity contribution in [2.45, 2.75) is 12.6 Å². The first-order valence-corrected chi connectivity index (χ1v) is 9.83. The maximum Gasteiger partial charge on any atom is 0.490 e. The minimum Gasteiger partial charge on any atom is -0.475 e. The number of aromatic nitrogens is 2. The standard InChI is InChI=1S/C20H19N5O2.C2HF3O2/c1-25-15(8-13-4-2-3-5-17(13)25)9-14(19(21)27)6-12-7-16-20(22-10-12)23-11-18(26)24-16;3-2(4,5)1(6)7/h2-8,10H,9,11H2,1H3,(H2,21,27)(H,22,23)(H,24,26);(H,6,7). The van der Waals surface area contributed by atoms with E-state index in [0.717, 1.165) is 16.6 Å². The highest BCUT2D eigenvalue weighted by Gasteiger charge is 2.38. The third-order valence-corrected chi connectivity index (χ3v) is 4.92. The van der Waals surface area contributed by atoms with Crippen molar-refractivity contribution in [3.05, 3.63) is 59.4 Å². The summed E-state index contributed by atoms with van der Waals surface area (Å²) in [5.74, 6) is -2.76. The number of benzene rings is 1. The fraction of sp³-hybridized carbons (Fsp3) is 0.182. The number of hydrogen-bond donors (Lipinski definition) is 4. The fourth-order valence-electron chi connectivity index (χ4n) is 3.28. The zero-order valence-corrected chi connectivity index (χ0v) is 17.8. The van der Waals surface area contributed by atoms with Gasteiger partial charge in [0.25, 0.3) is 0 Å². The molecule has 2 aromatic heterocycles. The molecule has 1 aromatic carbocycles. The quantitative estimate of drug-likeness (QED) is 0.428. The summed E-state index contributed by atoms with van der Waals surface area (Å²) in [6, 6.07) is 11.9. The highest BCUT2D eigenvalue weighted by Crippen LogP contribution is 2.25. The van der Waals surface area contributed by atoms with Gasteiger partial charge in [0.2, 0.25) is 11.8 Å². The Morgan fingerprint density at radius 2 is 1.94 bits per heavy atom. The van der Waals surface area contributed by atoms with Crippen molar-refractivity contribution in [2.75, 3.05) is 17.2 Å². The van der Waals surface area contributed by atoms with E-state index in [1.807, 2.05) is 31.3 Å². The summed E-state index contributed by atoms with van der Waals surface area (Å²) in [5, 5.41) is 13.9. The maximum absolute atomic E-state index is 12.0. The van der Waals surface area contributed by atoms with Gasteiger partial charge >= 0.3 is 12.1 Å². The van der Waals surface area contributed by atoms with Gasteiger partial charge in [-0.3, -0.25) is 9.59 Å². The van der Waals surface area contributed by atoms with Crippen molar-refractivity contribution in [1.82, 2.24) is 9.55 Å². The molecule has 0 aliphatic carbocycles. The first kappa shape index (κ1) is 24.3. The molecule has 0 radical (unpaired) electrons. The number of halogens is 3. The van der Waals surface area contributed by atoms with Crippen LogP contribution in [0.25, 0.3) is 17.0 Å². The summed E-state index contributed by atoms with van der Waals surface area (Å²) in [5.41, 5.74) is 9.46. The van der Waals surface area contributed by atoms with E-state index in [9.17, 15) is 22.8 Å². The second kappa shape index (κ2) is 9.65. The highest BCUT2D eigenvalue weighted by atomic mass is 19.4. The van der Waals surface area contributed by atoms with Crippen LogP contribution in [0.5, 0.6) is 0 Å². The third kappa shape index (κ3) is 5.71. The van der Waals surface area contributed by atoms with Gasteiger partial charge in [-0.1, -0.05) is 18.2 Å². The van der Waals surface area contributed by atoms with Crippen LogP contribution in [0.4, 0.5) is 24.7 Å². The minimum atomic E-state index is -5.08. The number of alkyl halides is 3. The number of fused-ring (bicyclic) bond motifs is 2. The highest BCUT2D eigenvalue weighted by molar-refractivity contribution is 6.01. The van der Waals surface area contributed by atoms with E-state index in [2.05, 4.69) is 26.3 Å². The number of nitrogens with two attached hydrogens (primary N) is 1. The summed E-state index contributed by atoms with van der Waals surface area (Å²) >= 11 is 0. The Morgan fingerprint density at radius 3 is 2.56 bits per heavy atom. The molecular weight excluding hydrogens is 455 g/mol. The van der Waals surface area contributed by atoms with Crippen molar-refractivity contribution in [1.29, 1.82) is 0 Å². The molecule has 1 aliphatic rings. The van der Waals surface area contributed by atoms with Crippen LogP contribution in [0.1, 0.15) is 11.3 Å². The smallest absolute Gasteiger partial charge is 0.475 e. The molecule has 0 fully saturated rings. The molecule has 0 atom stereocenters. The number of pyridine rings is 1. The summed E-state index contributed by atoms with van der Waals surface area (Å²) in [6.07, 6.45) is -1.32. The number of nitrogens with one attached hydrogen (secondary N) is 2. The van der Waals surface area contributed by atoms with Gasteiger partial charge in [-0.2, -0.15) is 13.2 Å². The molecule has 2 amide bonds. The number of carbonyl (C=O) groups excluding carboxylic acids is 2. The molecule has 0 bridgehead atoms.